The third kappa shape index (κ3) is 4.90. The predicted molar refractivity (Wildman–Crippen MR) is 102 cm³/mol. The van der Waals surface area contributed by atoms with Crippen molar-refractivity contribution in [1.82, 2.24) is 5.32 Å². The molecule has 0 aliphatic carbocycles. The molecule has 0 spiro atoms. The zero-order chi connectivity index (χ0) is 19.5. The Morgan fingerprint density at radius 2 is 1.88 bits per heavy atom. The summed E-state index contributed by atoms with van der Waals surface area (Å²) in [5.74, 6) is -0.931. The molecule has 0 saturated carbocycles. The quantitative estimate of drug-likeness (QED) is 0.694. The van der Waals surface area contributed by atoms with Gasteiger partial charge in [0.2, 0.25) is 15.9 Å². The predicted octanol–water partition coefficient (Wildman–Crippen LogP) is 2.10. The van der Waals surface area contributed by atoms with E-state index < -0.39 is 22.0 Å². The number of nitrogens with one attached hydrogen (secondary N) is 2. The van der Waals surface area contributed by atoms with Crippen molar-refractivity contribution in [2.45, 2.75) is 31.7 Å². The summed E-state index contributed by atoms with van der Waals surface area (Å²) in [4.78, 5) is 25.3. The highest BCUT2D eigenvalue weighted by molar-refractivity contribution is 7.89. The Labute approximate surface area is 156 Å². The van der Waals surface area contributed by atoms with Crippen molar-refractivity contribution in [3.63, 3.8) is 0 Å². The number of benzene rings is 1. The summed E-state index contributed by atoms with van der Waals surface area (Å²) in [6, 6.07) is 7.10. The van der Waals surface area contributed by atoms with Crippen LogP contribution in [0.25, 0.3) is 0 Å². The van der Waals surface area contributed by atoms with Gasteiger partial charge in [-0.3, -0.25) is 9.59 Å². The molecule has 2 aromatic rings. The maximum atomic E-state index is 12.6. The number of nitrogens with two attached hydrogens (primary N) is 1. The number of thiophene rings is 1. The molecule has 0 saturated heterocycles. The fraction of sp³-hybridized carbons (Fsp3) is 0.294. The van der Waals surface area contributed by atoms with Crippen molar-refractivity contribution in [3.05, 3.63) is 46.2 Å². The van der Waals surface area contributed by atoms with Crippen molar-refractivity contribution in [3.8, 4) is 0 Å². The molecule has 1 aromatic carbocycles. The summed E-state index contributed by atoms with van der Waals surface area (Å²) in [5, 5.41) is 12.3. The number of anilines is 1. The van der Waals surface area contributed by atoms with Gasteiger partial charge in [-0.25, -0.2) is 13.6 Å². The molecule has 0 aliphatic heterocycles. The third-order valence-electron chi connectivity index (χ3n) is 3.74. The van der Waals surface area contributed by atoms with E-state index in [9.17, 15) is 18.0 Å². The van der Waals surface area contributed by atoms with E-state index in [0.717, 1.165) is 0 Å². The number of carbonyl (C=O) groups is 2. The highest BCUT2D eigenvalue weighted by atomic mass is 32.2. The highest BCUT2D eigenvalue weighted by Crippen LogP contribution is 2.20. The van der Waals surface area contributed by atoms with Gasteiger partial charge in [-0.1, -0.05) is 26.0 Å². The van der Waals surface area contributed by atoms with Gasteiger partial charge in [0, 0.05) is 5.69 Å². The van der Waals surface area contributed by atoms with Crippen molar-refractivity contribution in [2.75, 3.05) is 5.32 Å². The molecule has 1 aromatic heterocycles. The van der Waals surface area contributed by atoms with Gasteiger partial charge in [-0.15, -0.1) is 11.3 Å². The zero-order valence-electron chi connectivity index (χ0n) is 14.6. The second kappa shape index (κ2) is 7.98. The van der Waals surface area contributed by atoms with E-state index in [-0.39, 0.29) is 16.7 Å². The van der Waals surface area contributed by atoms with Gasteiger partial charge >= 0.3 is 0 Å². The Morgan fingerprint density at radius 1 is 1.19 bits per heavy atom. The van der Waals surface area contributed by atoms with E-state index in [0.29, 0.717) is 16.1 Å². The lowest BCUT2D eigenvalue weighted by Gasteiger charge is -2.21. The van der Waals surface area contributed by atoms with Gasteiger partial charge in [0.25, 0.3) is 5.91 Å². The average Bonchev–Trinajstić information content (AvgIpc) is 3.07. The molecule has 1 atom stereocenters. The number of rotatable bonds is 6. The first-order valence-electron chi connectivity index (χ1n) is 7.88. The molecule has 0 aliphatic rings. The topological polar surface area (TPSA) is 118 Å². The highest BCUT2D eigenvalue weighted by Gasteiger charge is 2.25. The number of hydrogen-bond acceptors (Lipinski definition) is 5. The second-order valence-corrected chi connectivity index (χ2v) is 8.66. The van der Waals surface area contributed by atoms with E-state index >= 15 is 0 Å². The molecule has 26 heavy (non-hydrogen) atoms. The van der Waals surface area contributed by atoms with E-state index in [4.69, 9.17) is 5.14 Å². The molecule has 0 fully saturated rings. The average molecular weight is 396 g/mol. The number of hydrogen-bond donors (Lipinski definition) is 3. The zero-order valence-corrected chi connectivity index (χ0v) is 16.3. The number of aryl methyl sites for hydroxylation is 1. The van der Waals surface area contributed by atoms with Crippen molar-refractivity contribution in [1.29, 1.82) is 0 Å². The van der Waals surface area contributed by atoms with Gasteiger partial charge < -0.3 is 10.6 Å². The van der Waals surface area contributed by atoms with E-state index in [1.165, 1.54) is 17.4 Å². The lowest BCUT2D eigenvalue weighted by molar-refractivity contribution is -0.118. The van der Waals surface area contributed by atoms with E-state index in [1.807, 2.05) is 13.8 Å². The lowest BCUT2D eigenvalue weighted by Crippen LogP contribution is -2.47. The van der Waals surface area contributed by atoms with Gasteiger partial charge in [0.05, 0.1) is 9.77 Å². The molecule has 0 radical (unpaired) electrons. The van der Waals surface area contributed by atoms with Crippen LogP contribution >= 0.6 is 11.3 Å². The van der Waals surface area contributed by atoms with Crippen LogP contribution in [-0.2, 0) is 14.8 Å². The molecule has 140 valence electrons. The molecule has 0 bridgehead atoms. The lowest BCUT2D eigenvalue weighted by atomic mass is 10.0. The Morgan fingerprint density at radius 3 is 2.42 bits per heavy atom. The molecule has 9 heteroatoms. The summed E-state index contributed by atoms with van der Waals surface area (Å²) in [6.45, 7) is 5.23. The monoisotopic (exact) mass is 395 g/mol. The maximum absolute atomic E-state index is 12.6. The van der Waals surface area contributed by atoms with Crippen LogP contribution in [0.2, 0.25) is 0 Å². The van der Waals surface area contributed by atoms with Gasteiger partial charge in [0.1, 0.15) is 6.04 Å². The fourth-order valence-corrected chi connectivity index (χ4v) is 3.79. The third-order valence-corrected chi connectivity index (χ3v) is 5.66. The molecule has 0 unspecified atom stereocenters. The van der Waals surface area contributed by atoms with Gasteiger partial charge in [-0.05, 0) is 42.0 Å². The van der Waals surface area contributed by atoms with E-state index in [1.54, 1.807) is 36.6 Å². The number of sulfonamides is 1. The molecule has 2 amide bonds. The largest absolute Gasteiger partial charge is 0.339 e. The Balaban J connectivity index is 2.19. The van der Waals surface area contributed by atoms with Crippen LogP contribution in [0.15, 0.2) is 40.6 Å². The van der Waals surface area contributed by atoms with Crippen LogP contribution in [0.4, 0.5) is 5.69 Å². The van der Waals surface area contributed by atoms with Crippen LogP contribution in [0.1, 0.15) is 29.1 Å². The second-order valence-electron chi connectivity index (χ2n) is 6.19. The molecule has 7 nitrogen and oxygen atoms in total. The Hall–Kier alpha value is -2.23. The first-order valence-corrected chi connectivity index (χ1v) is 10.3. The Bertz CT molecular complexity index is 906. The molecule has 4 N–H and O–H groups in total. The van der Waals surface area contributed by atoms with Crippen molar-refractivity contribution >= 4 is 38.9 Å². The normalized spacial score (nSPS) is 12.7. The number of primary sulfonamides is 1. The fourth-order valence-electron chi connectivity index (χ4n) is 2.36. The van der Waals surface area contributed by atoms with Crippen molar-refractivity contribution in [2.24, 2.45) is 11.1 Å². The number of amides is 2. The minimum absolute atomic E-state index is 0.0565. The summed E-state index contributed by atoms with van der Waals surface area (Å²) in [7, 11) is -3.90. The van der Waals surface area contributed by atoms with E-state index in [2.05, 4.69) is 10.6 Å². The van der Waals surface area contributed by atoms with Crippen LogP contribution in [0.3, 0.4) is 0 Å². The summed E-state index contributed by atoms with van der Waals surface area (Å²) >= 11 is 1.28. The standard InChI is InChI=1S/C17H21N3O4S2/c1-10(2)15(20-16(21)13-5-4-8-25-13)17(22)19-12-7-6-11(3)14(9-12)26(18,23)24/h4-10,15H,1-3H3,(H,19,22)(H,20,21)(H2,18,23,24)/t15-/m0/s1. The maximum Gasteiger partial charge on any atom is 0.262 e. The van der Waals surface area contributed by atoms with Gasteiger partial charge in [0.15, 0.2) is 0 Å². The summed E-state index contributed by atoms with van der Waals surface area (Å²) < 4.78 is 23.2. The van der Waals surface area contributed by atoms with Crippen molar-refractivity contribution < 1.29 is 18.0 Å². The summed E-state index contributed by atoms with van der Waals surface area (Å²) in [5.41, 5.74) is 0.776. The first-order chi connectivity index (χ1) is 12.1. The van der Waals surface area contributed by atoms with Crippen LogP contribution in [-0.4, -0.2) is 26.3 Å². The smallest absolute Gasteiger partial charge is 0.262 e. The Kier molecular flexibility index (Phi) is 6.17. The van der Waals surface area contributed by atoms with Crippen LogP contribution in [0, 0.1) is 12.8 Å². The molecular formula is C17H21N3O4S2. The SMILES string of the molecule is Cc1ccc(NC(=O)[C@@H](NC(=O)c2cccs2)C(C)C)cc1S(N)(=O)=O. The molecular weight excluding hydrogens is 374 g/mol. The molecule has 1 heterocycles. The summed E-state index contributed by atoms with van der Waals surface area (Å²) in [6.07, 6.45) is 0. The first kappa shape index (κ1) is 20.1. The van der Waals surface area contributed by atoms with Crippen LogP contribution in [0.5, 0.6) is 0 Å². The molecule has 2 rings (SSSR count). The van der Waals surface area contributed by atoms with Gasteiger partial charge in [-0.2, -0.15) is 0 Å². The number of carbonyl (C=O) groups excluding carboxylic acids is 2. The van der Waals surface area contributed by atoms with Crippen LogP contribution < -0.4 is 15.8 Å². The minimum Gasteiger partial charge on any atom is -0.339 e. The minimum atomic E-state index is -3.90.